The van der Waals surface area contributed by atoms with E-state index in [9.17, 15) is 9.30 Å². The lowest BCUT2D eigenvalue weighted by Gasteiger charge is -1.96. The number of rotatable bonds is 3. The predicted molar refractivity (Wildman–Crippen MR) is 56.7 cm³/mol. The quantitative estimate of drug-likeness (QED) is 0.625. The zero-order chi connectivity index (χ0) is 11.5. The Labute approximate surface area is 91.7 Å². The summed E-state index contributed by atoms with van der Waals surface area (Å²) in [6, 6.07) is 6.34. The van der Waals surface area contributed by atoms with Gasteiger partial charge in [0, 0.05) is 12.5 Å². The molecule has 4 nitrogen and oxygen atoms in total. The summed E-state index contributed by atoms with van der Waals surface area (Å²) in [4.78, 5) is 10.4. The third-order valence-corrected chi connectivity index (χ3v) is 2.46. The maximum atomic E-state index is 13.0. The number of benzene rings is 1. The molecule has 0 unspecified atom stereocenters. The number of aromatic amines is 1. The number of hydrogen-bond donors (Lipinski definition) is 1. The maximum Gasteiger partial charge on any atom is 0.234 e. The third kappa shape index (κ3) is 1.98. The van der Waals surface area contributed by atoms with Crippen LogP contribution < -0.4 is 4.68 Å². The van der Waals surface area contributed by atoms with E-state index >= 15 is 0 Å². The first-order valence-electron chi connectivity index (χ1n) is 4.86. The summed E-state index contributed by atoms with van der Waals surface area (Å²) >= 11 is 0. The van der Waals surface area contributed by atoms with Crippen LogP contribution in [0.15, 0.2) is 35.6 Å². The third-order valence-electron chi connectivity index (χ3n) is 2.46. The highest BCUT2D eigenvalue weighted by molar-refractivity contribution is 5.34. The van der Waals surface area contributed by atoms with Crippen LogP contribution in [0.2, 0.25) is 0 Å². The number of nitrogens with one attached hydrogen (secondary N) is 1. The topological polar surface area (TPSA) is 49.1 Å². The van der Waals surface area contributed by atoms with Gasteiger partial charge in [-0.15, -0.1) is 9.59 Å². The molecule has 2 rings (SSSR count). The first-order valence-corrected chi connectivity index (χ1v) is 4.86. The Bertz CT molecular complexity index is 522. The van der Waals surface area contributed by atoms with E-state index in [-0.39, 0.29) is 5.82 Å². The van der Waals surface area contributed by atoms with Gasteiger partial charge in [-0.05, 0) is 17.3 Å². The monoisotopic (exact) mass is 220 g/mol. The minimum absolute atomic E-state index is 0.268. The average molecular weight is 220 g/mol. The zero-order valence-electron chi connectivity index (χ0n) is 8.77. The Morgan fingerprint density at radius 2 is 2.31 bits per heavy atom. The van der Waals surface area contributed by atoms with Gasteiger partial charge in [0.05, 0.1) is 6.20 Å². The number of halogens is 1. The molecule has 0 saturated heterocycles. The van der Waals surface area contributed by atoms with Gasteiger partial charge in [0.15, 0.2) is 12.2 Å². The van der Waals surface area contributed by atoms with Crippen molar-refractivity contribution in [3.8, 4) is 0 Å². The minimum atomic E-state index is -0.268. The summed E-state index contributed by atoms with van der Waals surface area (Å²) < 4.78 is 14.7. The SMILES string of the molecule is Cc1c(N=O)c[nH][n+]1Cc1cccc(F)c1. The molecule has 0 aliphatic rings. The lowest BCUT2D eigenvalue weighted by Crippen LogP contribution is -2.38. The highest BCUT2D eigenvalue weighted by Gasteiger charge is 2.15. The highest BCUT2D eigenvalue weighted by atomic mass is 19.1. The molecule has 1 aromatic carbocycles. The average Bonchev–Trinajstić information content (AvgIpc) is 2.60. The molecule has 0 amide bonds. The van der Waals surface area contributed by atoms with Gasteiger partial charge in [0.25, 0.3) is 0 Å². The standard InChI is InChI=1S/C11H10FN3O/c1-8-11(14-16)6-13-15(8)7-9-3-2-4-10(12)5-9/h2-6H,7H2,1H3/p+1. The molecular weight excluding hydrogens is 209 g/mol. The van der Waals surface area contributed by atoms with E-state index in [1.165, 1.54) is 18.3 Å². The second kappa shape index (κ2) is 4.22. The zero-order valence-corrected chi connectivity index (χ0v) is 8.77. The highest BCUT2D eigenvalue weighted by Crippen LogP contribution is 2.12. The number of nitroso groups, excluding NO2 is 1. The molecule has 82 valence electrons. The van der Waals surface area contributed by atoms with E-state index in [2.05, 4.69) is 10.3 Å². The summed E-state index contributed by atoms with van der Waals surface area (Å²) in [5, 5.41) is 5.77. The van der Waals surface area contributed by atoms with Crippen LogP contribution >= 0.6 is 0 Å². The number of hydrogen-bond acceptors (Lipinski definition) is 2. The molecular formula is C11H11FN3O+. The number of H-pyrrole nitrogens is 1. The Morgan fingerprint density at radius 1 is 1.50 bits per heavy atom. The molecule has 0 aliphatic carbocycles. The maximum absolute atomic E-state index is 13.0. The van der Waals surface area contributed by atoms with Crippen LogP contribution in [-0.2, 0) is 6.54 Å². The molecule has 5 heteroatoms. The van der Waals surface area contributed by atoms with E-state index in [0.29, 0.717) is 12.2 Å². The largest absolute Gasteiger partial charge is 0.234 e. The summed E-state index contributed by atoms with van der Waals surface area (Å²) in [6.07, 6.45) is 1.53. The van der Waals surface area contributed by atoms with Gasteiger partial charge in [-0.1, -0.05) is 12.1 Å². The second-order valence-corrected chi connectivity index (χ2v) is 3.55. The molecule has 0 bridgehead atoms. The Morgan fingerprint density at radius 3 is 2.94 bits per heavy atom. The smallest absolute Gasteiger partial charge is 0.207 e. The first-order chi connectivity index (χ1) is 7.70. The fourth-order valence-electron chi connectivity index (χ4n) is 1.55. The van der Waals surface area contributed by atoms with E-state index in [4.69, 9.17) is 0 Å². The molecule has 0 aliphatic heterocycles. The van der Waals surface area contributed by atoms with Gasteiger partial charge < -0.3 is 0 Å². The Hall–Kier alpha value is -2.04. The van der Waals surface area contributed by atoms with Crippen molar-refractivity contribution >= 4 is 5.69 Å². The molecule has 1 N–H and O–H groups in total. The van der Waals surface area contributed by atoms with Crippen LogP contribution in [0, 0.1) is 17.6 Å². The van der Waals surface area contributed by atoms with Gasteiger partial charge in [0.2, 0.25) is 5.69 Å². The second-order valence-electron chi connectivity index (χ2n) is 3.55. The van der Waals surface area contributed by atoms with Crippen molar-refractivity contribution < 1.29 is 9.07 Å². The van der Waals surface area contributed by atoms with Gasteiger partial charge in [0.1, 0.15) is 5.82 Å². The predicted octanol–water partition coefficient (Wildman–Crippen LogP) is 2.20. The van der Waals surface area contributed by atoms with E-state index in [1.807, 2.05) is 6.07 Å². The molecule has 16 heavy (non-hydrogen) atoms. The van der Waals surface area contributed by atoms with Crippen molar-refractivity contribution in [2.24, 2.45) is 5.18 Å². The van der Waals surface area contributed by atoms with Crippen molar-refractivity contribution in [2.45, 2.75) is 13.5 Å². The molecule has 1 aromatic heterocycles. The normalized spacial score (nSPS) is 10.4. The van der Waals surface area contributed by atoms with E-state index in [1.54, 1.807) is 17.7 Å². The summed E-state index contributed by atoms with van der Waals surface area (Å²) in [5.74, 6) is -0.268. The molecule has 0 saturated carbocycles. The minimum Gasteiger partial charge on any atom is -0.207 e. The van der Waals surface area contributed by atoms with Crippen LogP contribution in [0.5, 0.6) is 0 Å². The van der Waals surface area contributed by atoms with Crippen LogP contribution in [-0.4, -0.2) is 5.10 Å². The fourth-order valence-corrected chi connectivity index (χ4v) is 1.55. The van der Waals surface area contributed by atoms with Crippen molar-refractivity contribution in [1.82, 2.24) is 5.10 Å². The van der Waals surface area contributed by atoms with E-state index in [0.717, 1.165) is 11.3 Å². The molecule has 1 heterocycles. The summed E-state index contributed by atoms with van der Waals surface area (Å²) in [7, 11) is 0. The van der Waals surface area contributed by atoms with Crippen molar-refractivity contribution in [3.63, 3.8) is 0 Å². The Balaban J connectivity index is 2.27. The number of aromatic nitrogens is 2. The van der Waals surface area contributed by atoms with Crippen molar-refractivity contribution in [2.75, 3.05) is 0 Å². The lowest BCUT2D eigenvalue weighted by atomic mass is 10.2. The van der Waals surface area contributed by atoms with Crippen LogP contribution in [0.4, 0.5) is 10.1 Å². The van der Waals surface area contributed by atoms with Crippen molar-refractivity contribution in [1.29, 1.82) is 0 Å². The number of nitrogens with zero attached hydrogens (tertiary/aromatic N) is 2. The van der Waals surface area contributed by atoms with Crippen LogP contribution in [0.3, 0.4) is 0 Å². The van der Waals surface area contributed by atoms with E-state index < -0.39 is 0 Å². The molecule has 0 fully saturated rings. The molecule has 2 aromatic rings. The van der Waals surface area contributed by atoms with Crippen LogP contribution in [0.1, 0.15) is 11.3 Å². The van der Waals surface area contributed by atoms with Gasteiger partial charge in [-0.2, -0.15) is 5.10 Å². The van der Waals surface area contributed by atoms with Crippen molar-refractivity contribution in [3.05, 3.63) is 52.4 Å². The van der Waals surface area contributed by atoms with Gasteiger partial charge in [-0.25, -0.2) is 4.39 Å². The summed E-state index contributed by atoms with van der Waals surface area (Å²) in [5.41, 5.74) is 1.93. The fraction of sp³-hybridized carbons (Fsp3) is 0.182. The molecule has 0 atom stereocenters. The lowest BCUT2D eigenvalue weighted by molar-refractivity contribution is -0.747. The molecule has 0 radical (unpaired) electrons. The van der Waals surface area contributed by atoms with Gasteiger partial charge >= 0.3 is 0 Å². The Kier molecular flexibility index (Phi) is 2.76. The summed E-state index contributed by atoms with van der Waals surface area (Å²) in [6.45, 7) is 2.27. The van der Waals surface area contributed by atoms with Gasteiger partial charge in [-0.3, -0.25) is 0 Å². The first kappa shape index (κ1) is 10.5. The van der Waals surface area contributed by atoms with Crippen LogP contribution in [0.25, 0.3) is 0 Å². The molecule has 0 spiro atoms.